The molecule has 0 saturated heterocycles. The van der Waals surface area contributed by atoms with Crippen molar-refractivity contribution in [2.24, 2.45) is 0 Å². The Bertz CT molecular complexity index is 2590. The van der Waals surface area contributed by atoms with Gasteiger partial charge in [-0.25, -0.2) is 9.97 Å². The van der Waals surface area contributed by atoms with Crippen LogP contribution in [0.2, 0.25) is 0 Å². The Labute approximate surface area is 351 Å². The number of benzene rings is 6. The minimum absolute atomic E-state index is 0.0726. The highest BCUT2D eigenvalue weighted by molar-refractivity contribution is 7.18. The zero-order valence-electron chi connectivity index (χ0n) is 34.4. The fourth-order valence-corrected chi connectivity index (χ4v) is 7.78. The fraction of sp³-hybridized carbons (Fsp3) is 0.148. The standard InChI is InChI=1S/C28H22.C26H26N2O2S/c1-5-13-23(14-6-1)27(24-15-7-2-8-16-24)21-22-28(25-17-9-3-10-18-25)26-19-11-4-12-20-26;1-25(2,3)15-7-9-19-17(13-15)27-23(29-19)21-11-12-22(31-21)24-28-18-14-16(26(4,5)6)8-10-20(18)30-24/h1-22H;7-14H,1-6H3. The molecule has 0 fully saturated rings. The molecule has 0 bridgehead atoms. The summed E-state index contributed by atoms with van der Waals surface area (Å²) in [7, 11) is 0. The summed E-state index contributed by atoms with van der Waals surface area (Å²) in [5.74, 6) is 1.26. The molecule has 0 aliphatic carbocycles. The van der Waals surface area contributed by atoms with Crippen molar-refractivity contribution in [1.82, 2.24) is 9.97 Å². The van der Waals surface area contributed by atoms with E-state index in [-0.39, 0.29) is 10.8 Å². The lowest BCUT2D eigenvalue weighted by molar-refractivity contribution is 0.589. The summed E-state index contributed by atoms with van der Waals surface area (Å²) in [5, 5.41) is 0. The van der Waals surface area contributed by atoms with E-state index in [0.717, 1.165) is 32.0 Å². The van der Waals surface area contributed by atoms with Crippen LogP contribution in [0.5, 0.6) is 0 Å². The molecule has 0 unspecified atom stereocenters. The molecule has 292 valence electrons. The summed E-state index contributed by atoms with van der Waals surface area (Å²) in [6.07, 6.45) is 4.47. The molecule has 5 heteroatoms. The lowest BCUT2D eigenvalue weighted by atomic mass is 9.87. The van der Waals surface area contributed by atoms with Crippen molar-refractivity contribution in [2.45, 2.75) is 52.4 Å². The second-order valence-electron chi connectivity index (χ2n) is 16.7. The summed E-state index contributed by atoms with van der Waals surface area (Å²) in [4.78, 5) is 11.4. The molecule has 4 nitrogen and oxygen atoms in total. The van der Waals surface area contributed by atoms with Gasteiger partial charge in [-0.2, -0.15) is 0 Å². The van der Waals surface area contributed by atoms with E-state index in [4.69, 9.17) is 18.8 Å². The first-order chi connectivity index (χ1) is 28.5. The highest BCUT2D eigenvalue weighted by Crippen LogP contribution is 2.38. The minimum Gasteiger partial charge on any atom is -0.435 e. The molecule has 0 radical (unpaired) electrons. The molecule has 3 heterocycles. The van der Waals surface area contributed by atoms with Gasteiger partial charge in [0.25, 0.3) is 0 Å². The molecule has 0 saturated carbocycles. The van der Waals surface area contributed by atoms with Gasteiger partial charge >= 0.3 is 0 Å². The van der Waals surface area contributed by atoms with Crippen molar-refractivity contribution in [2.75, 3.05) is 0 Å². The Morgan fingerprint density at radius 3 is 1.05 bits per heavy atom. The molecule has 0 aliphatic heterocycles. The second kappa shape index (κ2) is 16.7. The molecule has 9 aromatic rings. The third-order valence-electron chi connectivity index (χ3n) is 10.3. The zero-order chi connectivity index (χ0) is 41.0. The van der Waals surface area contributed by atoms with Gasteiger partial charge in [0.15, 0.2) is 11.2 Å². The van der Waals surface area contributed by atoms with Crippen LogP contribution in [0, 0.1) is 0 Å². The molecular weight excluding hydrogens is 741 g/mol. The number of thiophene rings is 1. The Balaban J connectivity index is 0.000000165. The van der Waals surface area contributed by atoms with Crippen LogP contribution in [-0.4, -0.2) is 9.97 Å². The van der Waals surface area contributed by atoms with E-state index >= 15 is 0 Å². The molecule has 0 aliphatic rings. The van der Waals surface area contributed by atoms with Gasteiger partial charge in [0.1, 0.15) is 11.0 Å². The number of fused-ring (bicyclic) bond motifs is 2. The summed E-state index contributed by atoms with van der Waals surface area (Å²) in [6, 6.07) is 58.8. The predicted molar refractivity (Wildman–Crippen MR) is 248 cm³/mol. The quantitative estimate of drug-likeness (QED) is 0.151. The normalized spacial score (nSPS) is 11.6. The highest BCUT2D eigenvalue weighted by Gasteiger charge is 2.20. The van der Waals surface area contributed by atoms with Crippen LogP contribution in [0.15, 0.2) is 191 Å². The lowest BCUT2D eigenvalue weighted by Gasteiger charge is -2.18. The van der Waals surface area contributed by atoms with E-state index in [1.807, 2.05) is 24.3 Å². The van der Waals surface area contributed by atoms with Crippen molar-refractivity contribution in [3.8, 4) is 21.5 Å². The average molecular weight is 789 g/mol. The van der Waals surface area contributed by atoms with Crippen LogP contribution in [0.3, 0.4) is 0 Å². The second-order valence-corrected chi connectivity index (χ2v) is 17.8. The largest absolute Gasteiger partial charge is 0.435 e. The third kappa shape index (κ3) is 9.12. The number of oxazole rings is 2. The highest BCUT2D eigenvalue weighted by atomic mass is 32.1. The Kier molecular flexibility index (Phi) is 11.1. The van der Waals surface area contributed by atoms with Gasteiger partial charge in [-0.05, 0) is 91.8 Å². The summed E-state index contributed by atoms with van der Waals surface area (Å²) < 4.78 is 12.1. The first-order valence-electron chi connectivity index (χ1n) is 20.1. The van der Waals surface area contributed by atoms with Crippen LogP contribution in [-0.2, 0) is 10.8 Å². The van der Waals surface area contributed by atoms with E-state index < -0.39 is 0 Å². The van der Waals surface area contributed by atoms with Crippen molar-refractivity contribution < 1.29 is 8.83 Å². The number of hydrogen-bond acceptors (Lipinski definition) is 5. The minimum atomic E-state index is 0.0726. The van der Waals surface area contributed by atoms with Gasteiger partial charge in [-0.3, -0.25) is 0 Å². The van der Waals surface area contributed by atoms with Gasteiger partial charge in [-0.15, -0.1) is 11.3 Å². The molecule has 59 heavy (non-hydrogen) atoms. The maximum atomic E-state index is 6.03. The fourth-order valence-electron chi connectivity index (χ4n) is 6.92. The van der Waals surface area contributed by atoms with Gasteiger partial charge in [0.05, 0.1) is 9.75 Å². The molecule has 0 amide bonds. The maximum absolute atomic E-state index is 6.03. The average Bonchev–Trinajstić information content (AvgIpc) is 4.02. The van der Waals surface area contributed by atoms with Crippen molar-refractivity contribution in [3.63, 3.8) is 0 Å². The van der Waals surface area contributed by atoms with Crippen molar-refractivity contribution in [3.05, 3.63) is 215 Å². The zero-order valence-corrected chi connectivity index (χ0v) is 35.3. The van der Waals surface area contributed by atoms with Gasteiger partial charge in [0, 0.05) is 0 Å². The van der Waals surface area contributed by atoms with E-state index in [0.29, 0.717) is 11.8 Å². The smallest absolute Gasteiger partial charge is 0.237 e. The van der Waals surface area contributed by atoms with Crippen molar-refractivity contribution in [1.29, 1.82) is 0 Å². The van der Waals surface area contributed by atoms with Crippen LogP contribution in [0.4, 0.5) is 0 Å². The third-order valence-corrected chi connectivity index (χ3v) is 11.4. The SMILES string of the molecule is C(C=C(c1ccccc1)c1ccccc1)=C(c1ccccc1)c1ccccc1.CC(C)(C)c1ccc2oc(-c3ccc(-c4nc5cc(C(C)(C)C)ccc5o4)s3)nc2c1. The van der Waals surface area contributed by atoms with Gasteiger partial charge < -0.3 is 8.83 Å². The topological polar surface area (TPSA) is 52.1 Å². The first-order valence-corrected chi connectivity index (χ1v) is 20.9. The maximum Gasteiger partial charge on any atom is 0.237 e. The number of rotatable bonds is 7. The lowest BCUT2D eigenvalue weighted by Crippen LogP contribution is -2.10. The molecular formula is C54H48N2O2S. The molecule has 0 spiro atoms. The van der Waals surface area contributed by atoms with Gasteiger partial charge in [-0.1, -0.05) is 187 Å². The Morgan fingerprint density at radius 2 is 0.746 bits per heavy atom. The van der Waals surface area contributed by atoms with E-state index in [9.17, 15) is 0 Å². The van der Waals surface area contributed by atoms with Gasteiger partial charge in [0.2, 0.25) is 11.8 Å². The number of allylic oxidation sites excluding steroid dienone is 2. The van der Waals surface area contributed by atoms with E-state index in [1.54, 1.807) is 11.3 Å². The van der Waals surface area contributed by atoms with Crippen LogP contribution < -0.4 is 0 Å². The Hall–Kier alpha value is -6.56. The monoisotopic (exact) mass is 788 g/mol. The summed E-state index contributed by atoms with van der Waals surface area (Å²) in [5.41, 5.74) is 13.3. The van der Waals surface area contributed by atoms with Crippen LogP contribution >= 0.6 is 11.3 Å². The van der Waals surface area contributed by atoms with Crippen molar-refractivity contribution >= 4 is 44.7 Å². The molecule has 3 aromatic heterocycles. The molecule has 0 atom stereocenters. The molecule has 6 aromatic carbocycles. The molecule has 0 N–H and O–H groups in total. The summed E-state index contributed by atoms with van der Waals surface area (Å²) in [6.45, 7) is 13.2. The van der Waals surface area contributed by atoms with E-state index in [1.165, 1.54) is 44.5 Å². The number of nitrogens with zero attached hydrogens (tertiary/aromatic N) is 2. The van der Waals surface area contributed by atoms with E-state index in [2.05, 4.69) is 199 Å². The number of hydrogen-bond donors (Lipinski definition) is 0. The summed E-state index contributed by atoms with van der Waals surface area (Å²) >= 11 is 1.58. The van der Waals surface area contributed by atoms with Crippen LogP contribution in [0.1, 0.15) is 74.9 Å². The number of aromatic nitrogens is 2. The molecule has 9 rings (SSSR count). The predicted octanol–water partition coefficient (Wildman–Crippen LogP) is 15.2. The first kappa shape index (κ1) is 39.3. The Morgan fingerprint density at radius 1 is 0.424 bits per heavy atom. The van der Waals surface area contributed by atoms with Crippen LogP contribution in [0.25, 0.3) is 54.9 Å².